The minimum Gasteiger partial charge on any atom is -0.377 e. The molecular weight excluding hydrogens is 430 g/mol. The van der Waals surface area contributed by atoms with Gasteiger partial charge in [-0.1, -0.05) is 32.9 Å². The van der Waals surface area contributed by atoms with Crippen LogP contribution in [0.5, 0.6) is 0 Å². The summed E-state index contributed by atoms with van der Waals surface area (Å²) >= 11 is 0. The highest BCUT2D eigenvalue weighted by Crippen LogP contribution is 2.22. The third-order valence-electron chi connectivity index (χ3n) is 5.25. The van der Waals surface area contributed by atoms with Crippen molar-refractivity contribution in [3.05, 3.63) is 65.2 Å². The van der Waals surface area contributed by atoms with Crippen molar-refractivity contribution >= 4 is 21.8 Å². The first kappa shape index (κ1) is 23.9. The quantitative estimate of drug-likeness (QED) is 0.575. The highest BCUT2D eigenvalue weighted by atomic mass is 32.2. The van der Waals surface area contributed by atoms with Gasteiger partial charge >= 0.3 is 0 Å². The first-order valence-electron chi connectivity index (χ1n) is 10.5. The van der Waals surface area contributed by atoms with E-state index in [1.165, 1.54) is 24.3 Å². The maximum atomic E-state index is 12.4. The van der Waals surface area contributed by atoms with Crippen molar-refractivity contribution < 1.29 is 22.7 Å². The minimum absolute atomic E-state index is 0.0251. The summed E-state index contributed by atoms with van der Waals surface area (Å²) in [7, 11) is -3.70. The first-order chi connectivity index (χ1) is 15.1. The van der Waals surface area contributed by atoms with Crippen LogP contribution in [0, 0.1) is 0 Å². The second kappa shape index (κ2) is 9.81. The van der Waals surface area contributed by atoms with Gasteiger partial charge in [0.2, 0.25) is 10.0 Å². The van der Waals surface area contributed by atoms with E-state index in [0.717, 1.165) is 18.4 Å². The predicted molar refractivity (Wildman–Crippen MR) is 121 cm³/mol. The van der Waals surface area contributed by atoms with Gasteiger partial charge in [-0.2, -0.15) is 0 Å². The summed E-state index contributed by atoms with van der Waals surface area (Å²) in [6, 6.07) is 12.6. The Morgan fingerprint density at radius 1 is 0.938 bits per heavy atom. The summed E-state index contributed by atoms with van der Waals surface area (Å²) in [5.74, 6) is -1.00. The molecule has 1 atom stereocenters. The van der Waals surface area contributed by atoms with Crippen molar-refractivity contribution in [1.29, 1.82) is 0 Å². The van der Waals surface area contributed by atoms with E-state index >= 15 is 0 Å². The van der Waals surface area contributed by atoms with Gasteiger partial charge in [0, 0.05) is 24.3 Å². The van der Waals surface area contributed by atoms with Gasteiger partial charge in [0.05, 0.1) is 11.0 Å². The Bertz CT molecular complexity index is 1050. The van der Waals surface area contributed by atoms with E-state index in [1.807, 2.05) is 12.1 Å². The maximum Gasteiger partial charge on any atom is 0.269 e. The molecule has 32 heavy (non-hydrogen) atoms. The summed E-state index contributed by atoms with van der Waals surface area (Å²) in [6.07, 6.45) is 1.64. The number of nitrogens with one attached hydrogen (secondary N) is 3. The Hall–Kier alpha value is -2.75. The zero-order valence-corrected chi connectivity index (χ0v) is 19.3. The molecule has 3 N–H and O–H groups in total. The number of hydrazine groups is 1. The second-order valence-electron chi connectivity index (χ2n) is 8.75. The fraction of sp³-hybridized carbons (Fsp3) is 0.391. The molecule has 172 valence electrons. The first-order valence-corrected chi connectivity index (χ1v) is 12.0. The smallest absolute Gasteiger partial charge is 0.269 e. The molecule has 0 aromatic heterocycles. The lowest BCUT2D eigenvalue weighted by Crippen LogP contribution is -2.41. The second-order valence-corrected chi connectivity index (χ2v) is 10.5. The molecule has 0 aliphatic carbocycles. The molecule has 0 spiro atoms. The Morgan fingerprint density at radius 2 is 1.47 bits per heavy atom. The molecule has 2 amide bonds. The summed E-state index contributed by atoms with van der Waals surface area (Å²) < 4.78 is 32.8. The lowest BCUT2D eigenvalue weighted by atomic mass is 9.87. The highest BCUT2D eigenvalue weighted by Gasteiger charge is 2.21. The van der Waals surface area contributed by atoms with Crippen LogP contribution in [-0.2, 0) is 20.2 Å². The number of hydrogen-bond donors (Lipinski definition) is 3. The normalized spacial score (nSPS) is 16.5. The molecule has 0 radical (unpaired) electrons. The zero-order chi connectivity index (χ0) is 23.4. The van der Waals surface area contributed by atoms with Gasteiger partial charge < -0.3 is 4.74 Å². The average Bonchev–Trinajstić information content (AvgIpc) is 3.29. The molecule has 1 saturated heterocycles. The Kier molecular flexibility index (Phi) is 7.33. The highest BCUT2D eigenvalue weighted by molar-refractivity contribution is 7.89. The number of amides is 2. The van der Waals surface area contributed by atoms with Crippen molar-refractivity contribution in [3.63, 3.8) is 0 Å². The number of ether oxygens (including phenoxy) is 1. The van der Waals surface area contributed by atoms with Crippen LogP contribution in [0.15, 0.2) is 53.4 Å². The SMILES string of the molecule is CC(C)(C)c1ccc(C(=O)NNC(=O)c2ccc(S(=O)(=O)NCC3CCCO3)cc2)cc1. The van der Waals surface area contributed by atoms with Crippen molar-refractivity contribution in [3.8, 4) is 0 Å². The van der Waals surface area contributed by atoms with Gasteiger partial charge in [0.15, 0.2) is 0 Å². The third-order valence-corrected chi connectivity index (χ3v) is 6.69. The molecule has 1 aliphatic heterocycles. The van der Waals surface area contributed by atoms with Gasteiger partial charge in [-0.3, -0.25) is 20.4 Å². The lowest BCUT2D eigenvalue weighted by molar-refractivity contribution is 0.0846. The molecule has 1 fully saturated rings. The molecule has 8 nitrogen and oxygen atoms in total. The molecule has 9 heteroatoms. The van der Waals surface area contributed by atoms with Crippen LogP contribution in [-0.4, -0.2) is 39.5 Å². The monoisotopic (exact) mass is 459 g/mol. The van der Waals surface area contributed by atoms with Gasteiger partial charge in [0.25, 0.3) is 11.8 Å². The molecule has 0 saturated carbocycles. The number of sulfonamides is 1. The van der Waals surface area contributed by atoms with Crippen LogP contribution in [0.4, 0.5) is 0 Å². The van der Waals surface area contributed by atoms with E-state index in [1.54, 1.807) is 12.1 Å². The van der Waals surface area contributed by atoms with E-state index in [-0.39, 0.29) is 28.5 Å². The van der Waals surface area contributed by atoms with Crippen LogP contribution in [0.3, 0.4) is 0 Å². The van der Waals surface area contributed by atoms with Gasteiger partial charge in [-0.05, 0) is 60.2 Å². The van der Waals surface area contributed by atoms with E-state index in [2.05, 4.69) is 36.3 Å². The number of carbonyl (C=O) groups excluding carboxylic acids is 2. The van der Waals surface area contributed by atoms with Gasteiger partial charge in [-0.15, -0.1) is 0 Å². The molecule has 2 aromatic carbocycles. The number of rotatable bonds is 6. The third kappa shape index (κ3) is 6.15. The average molecular weight is 460 g/mol. The van der Waals surface area contributed by atoms with Crippen LogP contribution in [0.1, 0.15) is 59.9 Å². The lowest BCUT2D eigenvalue weighted by Gasteiger charge is -2.19. The van der Waals surface area contributed by atoms with Crippen molar-refractivity contribution in [1.82, 2.24) is 15.6 Å². The summed E-state index contributed by atoms with van der Waals surface area (Å²) in [5.41, 5.74) is 6.41. The van der Waals surface area contributed by atoms with Crippen molar-refractivity contribution in [2.75, 3.05) is 13.2 Å². The Morgan fingerprint density at radius 3 is 1.94 bits per heavy atom. The molecule has 1 aliphatic rings. The summed E-state index contributed by atoms with van der Waals surface area (Å²) in [4.78, 5) is 24.7. The molecule has 0 bridgehead atoms. The van der Waals surface area contributed by atoms with Crippen LogP contribution >= 0.6 is 0 Å². The minimum atomic E-state index is -3.70. The largest absolute Gasteiger partial charge is 0.377 e. The maximum absolute atomic E-state index is 12.4. The van der Waals surface area contributed by atoms with Gasteiger partial charge in [0.1, 0.15) is 0 Å². The molecule has 1 unspecified atom stereocenters. The van der Waals surface area contributed by atoms with E-state index in [0.29, 0.717) is 12.2 Å². The van der Waals surface area contributed by atoms with Crippen molar-refractivity contribution in [2.24, 2.45) is 0 Å². The fourth-order valence-corrected chi connectivity index (χ4v) is 4.32. The molecular formula is C23H29N3O5S. The summed E-state index contributed by atoms with van der Waals surface area (Å²) in [6.45, 7) is 7.11. The number of benzene rings is 2. The molecule has 2 aromatic rings. The van der Waals surface area contributed by atoms with Crippen LogP contribution in [0.25, 0.3) is 0 Å². The zero-order valence-electron chi connectivity index (χ0n) is 18.5. The summed E-state index contributed by atoms with van der Waals surface area (Å²) in [5, 5.41) is 0. The van der Waals surface area contributed by atoms with Gasteiger partial charge in [-0.25, -0.2) is 13.1 Å². The number of carbonyl (C=O) groups is 2. The Labute approximate surface area is 188 Å². The molecule has 1 heterocycles. The topological polar surface area (TPSA) is 114 Å². The predicted octanol–water partition coefficient (Wildman–Crippen LogP) is 2.52. The van der Waals surface area contributed by atoms with Crippen LogP contribution in [0.2, 0.25) is 0 Å². The van der Waals surface area contributed by atoms with E-state index in [9.17, 15) is 18.0 Å². The van der Waals surface area contributed by atoms with E-state index < -0.39 is 21.8 Å². The Balaban J connectivity index is 1.54. The van der Waals surface area contributed by atoms with Crippen molar-refractivity contribution in [2.45, 2.75) is 50.0 Å². The number of hydrogen-bond acceptors (Lipinski definition) is 5. The fourth-order valence-electron chi connectivity index (χ4n) is 3.26. The van der Waals surface area contributed by atoms with Crippen LogP contribution < -0.4 is 15.6 Å². The van der Waals surface area contributed by atoms with E-state index in [4.69, 9.17) is 4.74 Å². The molecule has 3 rings (SSSR count). The standard InChI is InChI=1S/C23H29N3O5S/c1-23(2,3)18-10-6-16(7-11-18)21(27)25-26-22(28)17-8-12-20(13-9-17)32(29,30)24-15-19-5-4-14-31-19/h6-13,19,24H,4-5,14-15H2,1-3H3,(H,25,27)(H,26,28).